The Morgan fingerprint density at radius 1 is 1.19 bits per heavy atom. The van der Waals surface area contributed by atoms with Gasteiger partial charge in [0.05, 0.1) is 0 Å². The van der Waals surface area contributed by atoms with Gasteiger partial charge in [-0.25, -0.2) is 0 Å². The maximum Gasteiger partial charge on any atom is 0.169 e. The number of benzene rings is 1. The van der Waals surface area contributed by atoms with Gasteiger partial charge in [-0.3, -0.25) is 4.90 Å². The maximum absolute atomic E-state index is 5.42. The quantitative estimate of drug-likeness (QED) is 0.862. The minimum atomic E-state index is 0.407. The zero-order chi connectivity index (χ0) is 15.1. The Kier molecular flexibility index (Phi) is 6.21. The fourth-order valence-electron chi connectivity index (χ4n) is 2.37. The van der Waals surface area contributed by atoms with E-state index in [1.165, 1.54) is 5.56 Å². The minimum Gasteiger partial charge on any atom is -0.360 e. The van der Waals surface area contributed by atoms with E-state index in [2.05, 4.69) is 65.4 Å². The summed E-state index contributed by atoms with van der Waals surface area (Å²) in [6, 6.07) is 10.9. The zero-order valence-electron chi connectivity index (χ0n) is 13.0. The third-order valence-corrected chi connectivity index (χ3v) is 3.92. The second-order valence-electron chi connectivity index (χ2n) is 5.70. The molecule has 1 aliphatic heterocycles. The largest absolute Gasteiger partial charge is 0.360 e. The first kappa shape index (κ1) is 16.0. The molecular weight excluding hydrogens is 278 g/mol. The Bertz CT molecular complexity index is 462. The van der Waals surface area contributed by atoms with Crippen molar-refractivity contribution in [2.24, 2.45) is 0 Å². The van der Waals surface area contributed by atoms with E-state index in [4.69, 9.17) is 12.2 Å². The van der Waals surface area contributed by atoms with E-state index in [0.29, 0.717) is 6.04 Å². The lowest BCUT2D eigenvalue weighted by Gasteiger charge is -2.36. The number of nitrogens with one attached hydrogen (secondary N) is 1. The fourth-order valence-corrected chi connectivity index (χ4v) is 2.79. The second kappa shape index (κ2) is 8.15. The molecule has 0 atom stereocenters. The lowest BCUT2D eigenvalue weighted by atomic mass is 10.2. The Hall–Kier alpha value is -1.39. The predicted molar refractivity (Wildman–Crippen MR) is 94.4 cm³/mol. The van der Waals surface area contributed by atoms with Crippen LogP contribution < -0.4 is 5.32 Å². The van der Waals surface area contributed by atoms with E-state index in [1.807, 2.05) is 6.07 Å². The number of rotatable bonds is 4. The average molecular weight is 303 g/mol. The van der Waals surface area contributed by atoms with Gasteiger partial charge in [0.25, 0.3) is 0 Å². The predicted octanol–water partition coefficient (Wildman–Crippen LogP) is 2.60. The Balaban J connectivity index is 1.72. The van der Waals surface area contributed by atoms with Crippen LogP contribution in [0.1, 0.15) is 19.4 Å². The van der Waals surface area contributed by atoms with Crippen molar-refractivity contribution in [1.82, 2.24) is 15.1 Å². The average Bonchev–Trinajstić information content (AvgIpc) is 2.48. The molecule has 0 bridgehead atoms. The van der Waals surface area contributed by atoms with Gasteiger partial charge in [0.15, 0.2) is 5.11 Å². The molecule has 1 aliphatic rings. The lowest BCUT2D eigenvalue weighted by Crippen LogP contribution is -2.52. The van der Waals surface area contributed by atoms with Crippen LogP contribution in [-0.2, 0) is 0 Å². The highest BCUT2D eigenvalue weighted by Gasteiger charge is 2.18. The molecule has 114 valence electrons. The molecule has 1 N–H and O–H groups in total. The highest BCUT2D eigenvalue weighted by atomic mass is 32.1. The van der Waals surface area contributed by atoms with Crippen LogP contribution in [0.4, 0.5) is 0 Å². The Morgan fingerprint density at radius 3 is 2.48 bits per heavy atom. The molecule has 1 heterocycles. The van der Waals surface area contributed by atoms with E-state index in [1.54, 1.807) is 0 Å². The molecule has 1 fully saturated rings. The van der Waals surface area contributed by atoms with Gasteiger partial charge < -0.3 is 10.2 Å². The molecule has 2 rings (SSSR count). The third kappa shape index (κ3) is 5.48. The maximum atomic E-state index is 5.42. The van der Waals surface area contributed by atoms with Crippen molar-refractivity contribution in [3.63, 3.8) is 0 Å². The van der Waals surface area contributed by atoms with Crippen LogP contribution in [0.25, 0.3) is 6.08 Å². The van der Waals surface area contributed by atoms with Crippen molar-refractivity contribution in [3.8, 4) is 0 Å². The number of nitrogens with zero attached hydrogens (tertiary/aromatic N) is 2. The summed E-state index contributed by atoms with van der Waals surface area (Å²) in [6.07, 6.45) is 4.44. The van der Waals surface area contributed by atoms with E-state index in [-0.39, 0.29) is 0 Å². The standard InChI is InChI=1S/C17H25N3S/c1-15(2)18-17(21)20-13-11-19(12-14-20)10-6-9-16-7-4-3-5-8-16/h3-9,15H,10-14H2,1-2H3,(H,18,21)/b9-6-. The van der Waals surface area contributed by atoms with Crippen LogP contribution in [0.3, 0.4) is 0 Å². The van der Waals surface area contributed by atoms with E-state index in [9.17, 15) is 0 Å². The number of hydrogen-bond acceptors (Lipinski definition) is 2. The zero-order valence-corrected chi connectivity index (χ0v) is 13.8. The lowest BCUT2D eigenvalue weighted by molar-refractivity contribution is 0.196. The van der Waals surface area contributed by atoms with Gasteiger partial charge in [-0.2, -0.15) is 0 Å². The molecule has 21 heavy (non-hydrogen) atoms. The molecule has 1 aromatic carbocycles. The van der Waals surface area contributed by atoms with Gasteiger partial charge >= 0.3 is 0 Å². The van der Waals surface area contributed by atoms with E-state index < -0.39 is 0 Å². The van der Waals surface area contributed by atoms with E-state index in [0.717, 1.165) is 37.8 Å². The molecule has 4 heteroatoms. The molecule has 0 aliphatic carbocycles. The van der Waals surface area contributed by atoms with Crippen molar-refractivity contribution >= 4 is 23.4 Å². The minimum absolute atomic E-state index is 0.407. The summed E-state index contributed by atoms with van der Waals surface area (Å²) >= 11 is 5.42. The number of hydrogen-bond donors (Lipinski definition) is 1. The highest BCUT2D eigenvalue weighted by molar-refractivity contribution is 7.80. The molecule has 1 aromatic rings. The molecule has 1 saturated heterocycles. The monoisotopic (exact) mass is 303 g/mol. The SMILES string of the molecule is CC(C)NC(=S)N1CCN(C/C=C\c2ccccc2)CC1. The van der Waals surface area contributed by atoms with Crippen LogP contribution in [-0.4, -0.2) is 53.7 Å². The van der Waals surface area contributed by atoms with Gasteiger partial charge in [0, 0.05) is 38.8 Å². The number of thiocarbonyl (C=S) groups is 1. The summed E-state index contributed by atoms with van der Waals surface area (Å²) in [5, 5.41) is 4.21. The molecular formula is C17H25N3S. The highest BCUT2D eigenvalue weighted by Crippen LogP contribution is 2.05. The first-order valence-electron chi connectivity index (χ1n) is 7.64. The summed E-state index contributed by atoms with van der Waals surface area (Å²) in [5.41, 5.74) is 1.26. The van der Waals surface area contributed by atoms with E-state index >= 15 is 0 Å². The normalized spacial score (nSPS) is 16.6. The van der Waals surface area contributed by atoms with Gasteiger partial charge in [-0.1, -0.05) is 42.5 Å². The van der Waals surface area contributed by atoms with Crippen molar-refractivity contribution < 1.29 is 0 Å². The van der Waals surface area contributed by atoms with Crippen LogP contribution >= 0.6 is 12.2 Å². The molecule has 3 nitrogen and oxygen atoms in total. The topological polar surface area (TPSA) is 18.5 Å². The summed E-state index contributed by atoms with van der Waals surface area (Å²) in [5.74, 6) is 0. The molecule has 0 spiro atoms. The Morgan fingerprint density at radius 2 is 1.86 bits per heavy atom. The molecule has 0 aromatic heterocycles. The second-order valence-corrected chi connectivity index (χ2v) is 6.09. The summed E-state index contributed by atoms with van der Waals surface area (Å²) in [6.45, 7) is 9.41. The summed E-state index contributed by atoms with van der Waals surface area (Å²) < 4.78 is 0. The summed E-state index contributed by atoms with van der Waals surface area (Å²) in [7, 11) is 0. The molecule has 0 saturated carbocycles. The van der Waals surface area contributed by atoms with Gasteiger partial charge in [0.2, 0.25) is 0 Å². The summed E-state index contributed by atoms with van der Waals surface area (Å²) in [4.78, 5) is 4.74. The van der Waals surface area contributed by atoms with Crippen LogP contribution in [0, 0.1) is 0 Å². The van der Waals surface area contributed by atoms with Gasteiger partial charge in [-0.15, -0.1) is 0 Å². The van der Waals surface area contributed by atoms with Crippen LogP contribution in [0.15, 0.2) is 36.4 Å². The van der Waals surface area contributed by atoms with Crippen molar-refractivity contribution in [1.29, 1.82) is 0 Å². The fraction of sp³-hybridized carbons (Fsp3) is 0.471. The Labute approximate surface area is 133 Å². The third-order valence-electron chi connectivity index (χ3n) is 3.55. The smallest absolute Gasteiger partial charge is 0.169 e. The van der Waals surface area contributed by atoms with Gasteiger partial charge in [-0.05, 0) is 31.6 Å². The first-order valence-corrected chi connectivity index (χ1v) is 8.05. The molecule has 0 amide bonds. The number of piperazine rings is 1. The van der Waals surface area contributed by atoms with Gasteiger partial charge in [0.1, 0.15) is 0 Å². The van der Waals surface area contributed by atoms with Crippen molar-refractivity contribution in [3.05, 3.63) is 42.0 Å². The first-order chi connectivity index (χ1) is 10.1. The van der Waals surface area contributed by atoms with Crippen LogP contribution in [0.5, 0.6) is 0 Å². The van der Waals surface area contributed by atoms with Crippen LogP contribution in [0.2, 0.25) is 0 Å². The molecule has 0 radical (unpaired) electrons. The van der Waals surface area contributed by atoms with Crippen molar-refractivity contribution in [2.75, 3.05) is 32.7 Å². The molecule has 0 unspecified atom stereocenters. The van der Waals surface area contributed by atoms with Crippen molar-refractivity contribution in [2.45, 2.75) is 19.9 Å².